The van der Waals surface area contributed by atoms with E-state index in [9.17, 15) is 15.3 Å². The topological polar surface area (TPSA) is 69.9 Å². The highest BCUT2D eigenvalue weighted by molar-refractivity contribution is 5.51. The molecule has 1 heterocycles. The molecule has 4 rings (SSSR count). The lowest BCUT2D eigenvalue weighted by Gasteiger charge is -2.44. The first kappa shape index (κ1) is 16.7. The van der Waals surface area contributed by atoms with Crippen LogP contribution in [-0.2, 0) is 5.60 Å². The molecule has 134 valence electrons. The molecular formula is C22H22O4. The van der Waals surface area contributed by atoms with Gasteiger partial charge in [-0.1, -0.05) is 35.9 Å². The van der Waals surface area contributed by atoms with Gasteiger partial charge >= 0.3 is 0 Å². The van der Waals surface area contributed by atoms with Gasteiger partial charge in [0.15, 0.2) is 0 Å². The molecule has 4 nitrogen and oxygen atoms in total. The number of hydrogen-bond acceptors (Lipinski definition) is 4. The number of aromatic hydroxyl groups is 1. The maximum Gasteiger partial charge on any atom is 0.129 e. The maximum atomic E-state index is 12.0. The molecule has 0 radical (unpaired) electrons. The molecule has 2 aromatic rings. The molecule has 0 saturated heterocycles. The molecule has 4 heteroatoms. The van der Waals surface area contributed by atoms with E-state index in [0.29, 0.717) is 24.3 Å². The van der Waals surface area contributed by atoms with Gasteiger partial charge in [0.1, 0.15) is 22.9 Å². The molecule has 2 aromatic carbocycles. The summed E-state index contributed by atoms with van der Waals surface area (Å²) in [6.45, 7) is 2.34. The molecule has 1 aliphatic heterocycles. The number of aliphatic hydroxyl groups excluding tert-OH is 1. The Kier molecular flexibility index (Phi) is 4.00. The third-order valence-corrected chi connectivity index (χ3v) is 5.45. The number of ether oxygens (including phenoxy) is 1. The standard InChI is InChI=1S/C22H22O4/c1-14-2-6-16(7-3-14)22(25)19-11-10-18(24)12-21(19)26-13-20(22)15-4-8-17(23)9-5-15/h2-4,6-12,15,20,23-25H,5,13H2,1H3. The first-order valence-corrected chi connectivity index (χ1v) is 8.81. The van der Waals surface area contributed by atoms with Crippen LogP contribution in [-0.4, -0.2) is 21.9 Å². The summed E-state index contributed by atoms with van der Waals surface area (Å²) >= 11 is 0. The summed E-state index contributed by atoms with van der Waals surface area (Å²) in [6, 6.07) is 12.7. The molecule has 0 bridgehead atoms. The van der Waals surface area contributed by atoms with E-state index in [2.05, 4.69) is 0 Å². The summed E-state index contributed by atoms with van der Waals surface area (Å²) in [7, 11) is 0. The van der Waals surface area contributed by atoms with E-state index in [0.717, 1.165) is 11.1 Å². The van der Waals surface area contributed by atoms with Crippen molar-refractivity contribution in [3.63, 3.8) is 0 Å². The highest BCUT2D eigenvalue weighted by Gasteiger charge is 2.48. The number of rotatable bonds is 2. The quantitative estimate of drug-likeness (QED) is 0.767. The number of allylic oxidation sites excluding steroid dienone is 3. The van der Waals surface area contributed by atoms with Crippen molar-refractivity contribution in [3.8, 4) is 11.5 Å². The van der Waals surface area contributed by atoms with Gasteiger partial charge in [-0.25, -0.2) is 0 Å². The second kappa shape index (κ2) is 6.22. The van der Waals surface area contributed by atoms with Crippen molar-refractivity contribution in [2.45, 2.75) is 18.9 Å². The van der Waals surface area contributed by atoms with Crippen LogP contribution in [0.3, 0.4) is 0 Å². The Morgan fingerprint density at radius 2 is 1.85 bits per heavy atom. The van der Waals surface area contributed by atoms with Gasteiger partial charge in [-0.2, -0.15) is 0 Å². The van der Waals surface area contributed by atoms with Crippen LogP contribution >= 0.6 is 0 Å². The van der Waals surface area contributed by atoms with E-state index in [4.69, 9.17) is 4.74 Å². The second-order valence-corrected chi connectivity index (χ2v) is 7.12. The normalized spacial score (nSPS) is 27.4. The molecule has 0 fully saturated rings. The van der Waals surface area contributed by atoms with E-state index in [1.54, 1.807) is 30.4 Å². The van der Waals surface area contributed by atoms with Crippen LogP contribution in [0.15, 0.2) is 66.5 Å². The molecule has 3 unspecified atom stereocenters. The van der Waals surface area contributed by atoms with Crippen LogP contribution in [0.4, 0.5) is 0 Å². The van der Waals surface area contributed by atoms with Crippen molar-refractivity contribution in [1.82, 2.24) is 0 Å². The van der Waals surface area contributed by atoms with Gasteiger partial charge in [0.05, 0.1) is 6.61 Å². The third-order valence-electron chi connectivity index (χ3n) is 5.45. The van der Waals surface area contributed by atoms with Crippen LogP contribution in [0.1, 0.15) is 23.1 Å². The van der Waals surface area contributed by atoms with Crippen molar-refractivity contribution in [1.29, 1.82) is 0 Å². The Balaban J connectivity index is 1.85. The minimum absolute atomic E-state index is 0.0270. The first-order valence-electron chi connectivity index (χ1n) is 8.81. The number of benzene rings is 2. The van der Waals surface area contributed by atoms with Gasteiger partial charge in [-0.05, 0) is 49.1 Å². The largest absolute Gasteiger partial charge is 0.508 e. The van der Waals surface area contributed by atoms with Gasteiger partial charge in [0.25, 0.3) is 0 Å². The zero-order chi connectivity index (χ0) is 18.3. The van der Waals surface area contributed by atoms with Crippen LogP contribution < -0.4 is 4.74 Å². The molecule has 0 spiro atoms. The number of phenols is 1. The van der Waals surface area contributed by atoms with Crippen molar-refractivity contribution in [2.75, 3.05) is 6.61 Å². The summed E-state index contributed by atoms with van der Waals surface area (Å²) < 4.78 is 5.90. The van der Waals surface area contributed by atoms with Crippen LogP contribution in [0.5, 0.6) is 11.5 Å². The van der Waals surface area contributed by atoms with E-state index in [1.807, 2.05) is 37.3 Å². The van der Waals surface area contributed by atoms with E-state index in [1.165, 1.54) is 0 Å². The molecule has 3 N–H and O–H groups in total. The average molecular weight is 350 g/mol. The van der Waals surface area contributed by atoms with Crippen LogP contribution in [0.25, 0.3) is 0 Å². The molecule has 3 atom stereocenters. The summed E-state index contributed by atoms with van der Waals surface area (Å²) in [5, 5.41) is 31.4. The maximum absolute atomic E-state index is 12.0. The summed E-state index contributed by atoms with van der Waals surface area (Å²) in [4.78, 5) is 0. The minimum Gasteiger partial charge on any atom is -0.508 e. The number of aliphatic hydroxyl groups is 2. The average Bonchev–Trinajstić information content (AvgIpc) is 2.63. The van der Waals surface area contributed by atoms with E-state index >= 15 is 0 Å². The fourth-order valence-corrected chi connectivity index (χ4v) is 3.98. The predicted octanol–water partition coefficient (Wildman–Crippen LogP) is 3.96. The number of hydrogen-bond donors (Lipinski definition) is 3. The lowest BCUT2D eigenvalue weighted by atomic mass is 9.68. The Morgan fingerprint density at radius 1 is 1.08 bits per heavy atom. The molecule has 0 aromatic heterocycles. The Bertz CT molecular complexity index is 882. The summed E-state index contributed by atoms with van der Waals surface area (Å²) in [5.74, 6) is 0.672. The van der Waals surface area contributed by atoms with Gasteiger partial charge < -0.3 is 20.1 Å². The lowest BCUT2D eigenvalue weighted by molar-refractivity contribution is -0.0426. The Hall–Kier alpha value is -2.72. The molecular weight excluding hydrogens is 328 g/mol. The Labute approximate surface area is 152 Å². The van der Waals surface area contributed by atoms with Crippen molar-refractivity contribution in [3.05, 3.63) is 83.1 Å². The van der Waals surface area contributed by atoms with Crippen LogP contribution in [0.2, 0.25) is 0 Å². The predicted molar refractivity (Wildman–Crippen MR) is 99.2 cm³/mol. The van der Waals surface area contributed by atoms with Gasteiger partial charge in [0.2, 0.25) is 0 Å². The smallest absolute Gasteiger partial charge is 0.129 e. The number of aryl methyl sites for hydroxylation is 1. The number of fused-ring (bicyclic) bond motifs is 1. The first-order chi connectivity index (χ1) is 12.5. The van der Waals surface area contributed by atoms with Gasteiger partial charge in [0, 0.05) is 17.5 Å². The fourth-order valence-electron chi connectivity index (χ4n) is 3.98. The monoisotopic (exact) mass is 350 g/mol. The lowest BCUT2D eigenvalue weighted by Crippen LogP contribution is -2.46. The zero-order valence-electron chi connectivity index (χ0n) is 14.6. The highest BCUT2D eigenvalue weighted by Crippen LogP contribution is 2.49. The van der Waals surface area contributed by atoms with Crippen LogP contribution in [0, 0.1) is 18.8 Å². The SMILES string of the molecule is Cc1ccc(C2(O)c3ccc(O)cc3OCC2C2C=CC(O)=CC2)cc1. The zero-order valence-corrected chi connectivity index (χ0v) is 14.6. The highest BCUT2D eigenvalue weighted by atomic mass is 16.5. The molecule has 26 heavy (non-hydrogen) atoms. The molecule has 0 saturated carbocycles. The van der Waals surface area contributed by atoms with Crippen molar-refractivity contribution >= 4 is 0 Å². The fraction of sp³-hybridized carbons (Fsp3) is 0.273. The summed E-state index contributed by atoms with van der Waals surface area (Å²) in [5.41, 5.74) is 1.33. The van der Waals surface area contributed by atoms with Crippen molar-refractivity contribution in [2.24, 2.45) is 11.8 Å². The van der Waals surface area contributed by atoms with Gasteiger partial charge in [-0.3, -0.25) is 0 Å². The summed E-state index contributed by atoms with van der Waals surface area (Å²) in [6.07, 6.45) is 6.02. The van der Waals surface area contributed by atoms with Gasteiger partial charge in [-0.15, -0.1) is 0 Å². The second-order valence-electron chi connectivity index (χ2n) is 7.12. The van der Waals surface area contributed by atoms with E-state index < -0.39 is 5.60 Å². The minimum atomic E-state index is -1.25. The van der Waals surface area contributed by atoms with Crippen molar-refractivity contribution < 1.29 is 20.1 Å². The Morgan fingerprint density at radius 3 is 2.54 bits per heavy atom. The molecule has 2 aliphatic rings. The van der Waals surface area contributed by atoms with E-state index in [-0.39, 0.29) is 23.3 Å². The number of phenolic OH excluding ortho intramolecular Hbond substituents is 1. The molecule has 1 aliphatic carbocycles. The third kappa shape index (κ3) is 2.67. The molecule has 0 amide bonds.